The number of amides is 1. The van der Waals surface area contributed by atoms with E-state index >= 15 is 0 Å². The molecule has 2 unspecified atom stereocenters. The van der Waals surface area contributed by atoms with E-state index in [-0.39, 0.29) is 19.8 Å². The Labute approximate surface area is 117 Å². The lowest BCUT2D eigenvalue weighted by Crippen LogP contribution is -2.57. The molecule has 2 atom stereocenters. The van der Waals surface area contributed by atoms with Gasteiger partial charge in [-0.25, -0.2) is 13.2 Å². The summed E-state index contributed by atoms with van der Waals surface area (Å²) in [7, 11) is -3.47. The number of carbonyl (C=O) groups is 2. The zero-order valence-corrected chi connectivity index (χ0v) is 12.0. The van der Waals surface area contributed by atoms with E-state index in [1.807, 2.05) is 0 Å². The SMILES string of the molecule is CS(=O)(=O)N1CCCC1C(=O)N1CCOCC1C(=O)O. The van der Waals surface area contributed by atoms with Gasteiger partial charge < -0.3 is 14.7 Å². The smallest absolute Gasteiger partial charge is 0.328 e. The van der Waals surface area contributed by atoms with Gasteiger partial charge in [-0.2, -0.15) is 4.31 Å². The summed E-state index contributed by atoms with van der Waals surface area (Å²) in [6.45, 7) is 0.676. The fourth-order valence-electron chi connectivity index (χ4n) is 2.65. The molecule has 2 rings (SSSR count). The summed E-state index contributed by atoms with van der Waals surface area (Å²) in [5, 5.41) is 9.12. The summed E-state index contributed by atoms with van der Waals surface area (Å²) in [5.41, 5.74) is 0. The summed E-state index contributed by atoms with van der Waals surface area (Å²) < 4.78 is 29.6. The highest BCUT2D eigenvalue weighted by atomic mass is 32.2. The molecule has 1 amide bonds. The summed E-state index contributed by atoms with van der Waals surface area (Å²) in [4.78, 5) is 24.9. The van der Waals surface area contributed by atoms with Crippen molar-refractivity contribution in [2.75, 3.05) is 32.6 Å². The maximum atomic E-state index is 12.5. The fourth-order valence-corrected chi connectivity index (χ4v) is 3.77. The quantitative estimate of drug-likeness (QED) is 0.696. The molecule has 0 aromatic carbocycles. The third-order valence-electron chi connectivity index (χ3n) is 3.61. The van der Waals surface area contributed by atoms with Gasteiger partial charge in [-0.3, -0.25) is 4.79 Å². The van der Waals surface area contributed by atoms with Crippen molar-refractivity contribution < 1.29 is 27.9 Å². The molecule has 1 N–H and O–H groups in total. The van der Waals surface area contributed by atoms with E-state index in [9.17, 15) is 18.0 Å². The van der Waals surface area contributed by atoms with E-state index in [4.69, 9.17) is 9.84 Å². The lowest BCUT2D eigenvalue weighted by molar-refractivity contribution is -0.159. The Morgan fingerprint density at radius 2 is 1.95 bits per heavy atom. The maximum Gasteiger partial charge on any atom is 0.328 e. The number of hydrogen-bond acceptors (Lipinski definition) is 5. The van der Waals surface area contributed by atoms with Gasteiger partial charge in [-0.05, 0) is 12.8 Å². The Morgan fingerprint density at radius 1 is 1.25 bits per heavy atom. The van der Waals surface area contributed by atoms with Gasteiger partial charge in [0.1, 0.15) is 6.04 Å². The van der Waals surface area contributed by atoms with Crippen molar-refractivity contribution in [2.24, 2.45) is 0 Å². The average molecular weight is 306 g/mol. The molecule has 0 saturated carbocycles. The zero-order valence-electron chi connectivity index (χ0n) is 11.2. The van der Waals surface area contributed by atoms with Crippen LogP contribution in [0.4, 0.5) is 0 Å². The van der Waals surface area contributed by atoms with Gasteiger partial charge in [0.05, 0.1) is 19.5 Å². The molecule has 2 heterocycles. The van der Waals surface area contributed by atoms with Crippen LogP contribution in [-0.4, -0.2) is 79.2 Å². The van der Waals surface area contributed by atoms with Gasteiger partial charge in [-0.1, -0.05) is 0 Å². The summed E-state index contributed by atoms with van der Waals surface area (Å²) in [6, 6.07) is -1.83. The molecule has 9 heteroatoms. The highest BCUT2D eigenvalue weighted by molar-refractivity contribution is 7.88. The molecular formula is C11H18N2O6S. The molecule has 0 bridgehead atoms. The normalized spacial score (nSPS) is 28.6. The van der Waals surface area contributed by atoms with E-state index in [0.29, 0.717) is 19.4 Å². The Hall–Kier alpha value is -1.19. The second kappa shape index (κ2) is 5.66. The third-order valence-corrected chi connectivity index (χ3v) is 4.90. The molecule has 114 valence electrons. The van der Waals surface area contributed by atoms with Crippen molar-refractivity contribution >= 4 is 21.9 Å². The first-order valence-electron chi connectivity index (χ1n) is 6.40. The first-order valence-corrected chi connectivity index (χ1v) is 8.25. The van der Waals surface area contributed by atoms with Crippen LogP contribution >= 0.6 is 0 Å². The molecule has 0 spiro atoms. The van der Waals surface area contributed by atoms with Crippen molar-refractivity contribution in [2.45, 2.75) is 24.9 Å². The molecule has 2 fully saturated rings. The number of hydrogen-bond donors (Lipinski definition) is 1. The number of nitrogens with zero attached hydrogens (tertiary/aromatic N) is 2. The van der Waals surface area contributed by atoms with Crippen LogP contribution in [0.1, 0.15) is 12.8 Å². The van der Waals surface area contributed by atoms with Crippen molar-refractivity contribution in [3.63, 3.8) is 0 Å². The largest absolute Gasteiger partial charge is 0.480 e. The predicted molar refractivity (Wildman–Crippen MR) is 68.5 cm³/mol. The van der Waals surface area contributed by atoms with Crippen molar-refractivity contribution in [3.05, 3.63) is 0 Å². The lowest BCUT2D eigenvalue weighted by Gasteiger charge is -2.36. The number of rotatable bonds is 3. The first-order chi connectivity index (χ1) is 9.32. The van der Waals surface area contributed by atoms with Crippen molar-refractivity contribution in [3.8, 4) is 0 Å². The van der Waals surface area contributed by atoms with E-state index in [1.165, 1.54) is 4.90 Å². The van der Waals surface area contributed by atoms with E-state index in [0.717, 1.165) is 10.6 Å². The van der Waals surface area contributed by atoms with Crippen LogP contribution in [0, 0.1) is 0 Å². The molecule has 20 heavy (non-hydrogen) atoms. The second-order valence-corrected chi connectivity index (χ2v) is 6.93. The van der Waals surface area contributed by atoms with Crippen LogP contribution in [0.3, 0.4) is 0 Å². The monoisotopic (exact) mass is 306 g/mol. The van der Waals surface area contributed by atoms with Crippen molar-refractivity contribution in [1.29, 1.82) is 0 Å². The van der Waals surface area contributed by atoms with Gasteiger partial charge in [0.15, 0.2) is 6.04 Å². The van der Waals surface area contributed by atoms with Gasteiger partial charge in [-0.15, -0.1) is 0 Å². The van der Waals surface area contributed by atoms with E-state index < -0.39 is 34.0 Å². The minimum absolute atomic E-state index is 0.0628. The molecule has 0 aromatic rings. The molecular weight excluding hydrogens is 288 g/mol. The van der Waals surface area contributed by atoms with Crippen LogP contribution < -0.4 is 0 Å². The number of sulfonamides is 1. The summed E-state index contributed by atoms with van der Waals surface area (Å²) >= 11 is 0. The van der Waals surface area contributed by atoms with Crippen LogP contribution in [0.25, 0.3) is 0 Å². The average Bonchev–Trinajstić information content (AvgIpc) is 2.87. The number of carbonyl (C=O) groups excluding carboxylic acids is 1. The van der Waals surface area contributed by atoms with Gasteiger partial charge in [0.2, 0.25) is 15.9 Å². The highest BCUT2D eigenvalue weighted by Gasteiger charge is 2.42. The summed E-state index contributed by atoms with van der Waals surface area (Å²) in [5.74, 6) is -1.58. The number of ether oxygens (including phenoxy) is 1. The standard InChI is InChI=1S/C11H18N2O6S/c1-20(17,18)13-4-2-3-8(13)10(14)12-5-6-19-7-9(12)11(15)16/h8-9H,2-7H2,1H3,(H,15,16). The van der Waals surface area contributed by atoms with Crippen LogP contribution in [0.5, 0.6) is 0 Å². The molecule has 8 nitrogen and oxygen atoms in total. The lowest BCUT2D eigenvalue weighted by atomic mass is 10.1. The summed E-state index contributed by atoms with van der Waals surface area (Å²) in [6.07, 6.45) is 2.09. The second-order valence-electron chi connectivity index (χ2n) is 4.99. The molecule has 2 aliphatic rings. The molecule has 0 radical (unpaired) electrons. The number of carboxylic acids is 1. The van der Waals surface area contributed by atoms with Crippen LogP contribution in [0.15, 0.2) is 0 Å². The molecule has 2 saturated heterocycles. The Balaban J connectivity index is 2.19. The maximum absolute atomic E-state index is 12.5. The third kappa shape index (κ3) is 2.94. The zero-order chi connectivity index (χ0) is 14.9. The topological polar surface area (TPSA) is 104 Å². The van der Waals surface area contributed by atoms with Crippen LogP contribution in [-0.2, 0) is 24.3 Å². The predicted octanol–water partition coefficient (Wildman–Crippen LogP) is -1.28. The minimum Gasteiger partial charge on any atom is -0.480 e. The van der Waals surface area contributed by atoms with Gasteiger partial charge >= 0.3 is 5.97 Å². The van der Waals surface area contributed by atoms with Crippen molar-refractivity contribution in [1.82, 2.24) is 9.21 Å². The van der Waals surface area contributed by atoms with Gasteiger partial charge in [0.25, 0.3) is 0 Å². The number of carboxylic acid groups (broad SMARTS) is 1. The van der Waals surface area contributed by atoms with E-state index in [2.05, 4.69) is 0 Å². The molecule has 0 aromatic heterocycles. The fraction of sp³-hybridized carbons (Fsp3) is 0.818. The molecule has 2 aliphatic heterocycles. The number of aliphatic carboxylic acids is 1. The Kier molecular flexibility index (Phi) is 4.31. The van der Waals surface area contributed by atoms with E-state index in [1.54, 1.807) is 0 Å². The Bertz CT molecular complexity index is 505. The minimum atomic E-state index is -3.47. The number of morpholine rings is 1. The highest BCUT2D eigenvalue weighted by Crippen LogP contribution is 2.23. The van der Waals surface area contributed by atoms with Gasteiger partial charge in [0, 0.05) is 13.1 Å². The Morgan fingerprint density at radius 3 is 2.55 bits per heavy atom. The molecule has 0 aliphatic carbocycles. The first kappa shape index (κ1) is 15.2. The van der Waals surface area contributed by atoms with Crippen LogP contribution in [0.2, 0.25) is 0 Å².